The molecule has 1 aromatic carbocycles. The largest absolute Gasteiger partial charge is 0.381 e. The van der Waals surface area contributed by atoms with Gasteiger partial charge in [0.2, 0.25) is 5.91 Å². The van der Waals surface area contributed by atoms with Crippen molar-refractivity contribution in [2.45, 2.75) is 13.3 Å². The lowest BCUT2D eigenvalue weighted by Crippen LogP contribution is -2.42. The van der Waals surface area contributed by atoms with E-state index >= 15 is 0 Å². The summed E-state index contributed by atoms with van der Waals surface area (Å²) in [6.07, 6.45) is 0.972. The number of carbonyl (C=O) groups is 1. The van der Waals surface area contributed by atoms with Crippen LogP contribution in [0.4, 0.5) is 18.9 Å². The lowest BCUT2D eigenvalue weighted by atomic mass is 10.1. The average molecular weight is 500 g/mol. The molecule has 0 aliphatic carbocycles. The van der Waals surface area contributed by atoms with E-state index in [0.717, 1.165) is 31.7 Å². The number of halogens is 4. The molecule has 0 aromatic heterocycles. The van der Waals surface area contributed by atoms with Gasteiger partial charge in [-0.25, -0.2) is 18.2 Å². The molecule has 1 amide bonds. The molecule has 0 radical (unpaired) electrons. The number of anilines is 1. The van der Waals surface area contributed by atoms with E-state index < -0.39 is 29.0 Å². The summed E-state index contributed by atoms with van der Waals surface area (Å²) >= 11 is 0. The van der Waals surface area contributed by atoms with Gasteiger partial charge < -0.3 is 20.3 Å². The topological polar surface area (TPSA) is 66.0 Å². The first-order valence-corrected chi connectivity index (χ1v) is 8.42. The number of aliphatic imine (C=N–C) groups is 1. The molecule has 6 nitrogen and oxygen atoms in total. The molecule has 27 heavy (non-hydrogen) atoms. The molecule has 1 heterocycles. The molecule has 152 valence electrons. The number of ether oxygens (including phenoxy) is 1. The molecule has 1 fully saturated rings. The number of nitrogens with one attached hydrogen (secondary N) is 2. The van der Waals surface area contributed by atoms with Gasteiger partial charge in [-0.3, -0.25) is 4.79 Å². The summed E-state index contributed by atoms with van der Waals surface area (Å²) in [5.74, 6) is -4.09. The number of guanidine groups is 1. The SMILES string of the molecule is CCNC(=NCC(=O)Nc1ccc(F)c(F)c1F)N(C)CC1CCOC1.I. The minimum atomic E-state index is -1.63. The fraction of sp³-hybridized carbons (Fsp3) is 0.529. The van der Waals surface area contributed by atoms with E-state index in [0.29, 0.717) is 25.0 Å². The quantitative estimate of drug-likeness (QED) is 0.273. The Bertz CT molecular complexity index is 670. The summed E-state index contributed by atoms with van der Waals surface area (Å²) < 4.78 is 45.1. The van der Waals surface area contributed by atoms with Crippen molar-refractivity contribution in [1.82, 2.24) is 10.2 Å². The summed E-state index contributed by atoms with van der Waals surface area (Å²) in [4.78, 5) is 18.1. The van der Waals surface area contributed by atoms with Crippen molar-refractivity contribution in [2.24, 2.45) is 10.9 Å². The average Bonchev–Trinajstić information content (AvgIpc) is 3.12. The highest BCUT2D eigenvalue weighted by molar-refractivity contribution is 14.0. The van der Waals surface area contributed by atoms with Gasteiger partial charge in [0, 0.05) is 32.7 Å². The molecular weight excluding hydrogens is 476 g/mol. The van der Waals surface area contributed by atoms with Crippen molar-refractivity contribution in [3.63, 3.8) is 0 Å². The molecule has 1 unspecified atom stereocenters. The number of hydrogen-bond donors (Lipinski definition) is 2. The van der Waals surface area contributed by atoms with Crippen LogP contribution in [0.5, 0.6) is 0 Å². The molecular formula is C17H24F3IN4O2. The van der Waals surface area contributed by atoms with Crippen LogP contribution in [0.15, 0.2) is 17.1 Å². The Balaban J connectivity index is 0.00000364. The van der Waals surface area contributed by atoms with E-state index in [1.165, 1.54) is 0 Å². The third-order valence-corrected chi connectivity index (χ3v) is 3.93. The minimum Gasteiger partial charge on any atom is -0.381 e. The molecule has 0 saturated carbocycles. The van der Waals surface area contributed by atoms with Crippen LogP contribution in [0, 0.1) is 23.4 Å². The van der Waals surface area contributed by atoms with Crippen molar-refractivity contribution in [2.75, 3.05) is 45.2 Å². The summed E-state index contributed by atoms with van der Waals surface area (Å²) in [7, 11) is 1.85. The molecule has 0 bridgehead atoms. The first-order chi connectivity index (χ1) is 12.4. The molecule has 1 saturated heterocycles. The van der Waals surface area contributed by atoms with E-state index in [9.17, 15) is 18.0 Å². The van der Waals surface area contributed by atoms with Crippen molar-refractivity contribution < 1.29 is 22.7 Å². The zero-order valence-corrected chi connectivity index (χ0v) is 17.6. The third kappa shape index (κ3) is 6.83. The molecule has 1 atom stereocenters. The Morgan fingerprint density at radius 1 is 1.33 bits per heavy atom. The van der Waals surface area contributed by atoms with Gasteiger partial charge in [0.25, 0.3) is 0 Å². The Morgan fingerprint density at radius 2 is 2.07 bits per heavy atom. The number of rotatable bonds is 6. The number of benzene rings is 1. The van der Waals surface area contributed by atoms with E-state index in [2.05, 4.69) is 15.6 Å². The second-order valence-corrected chi connectivity index (χ2v) is 6.05. The number of hydrogen-bond acceptors (Lipinski definition) is 3. The normalized spacial score (nSPS) is 16.6. The maximum atomic E-state index is 13.6. The summed E-state index contributed by atoms with van der Waals surface area (Å²) in [5.41, 5.74) is -0.425. The Kier molecular flexibility index (Phi) is 9.84. The predicted octanol–water partition coefficient (Wildman–Crippen LogP) is 2.59. The molecule has 1 aliphatic heterocycles. The van der Waals surface area contributed by atoms with E-state index in [-0.39, 0.29) is 30.5 Å². The number of amides is 1. The fourth-order valence-corrected chi connectivity index (χ4v) is 2.63. The van der Waals surface area contributed by atoms with Crippen molar-refractivity contribution in [3.8, 4) is 0 Å². The smallest absolute Gasteiger partial charge is 0.246 e. The summed E-state index contributed by atoms with van der Waals surface area (Å²) in [6, 6.07) is 1.71. The number of carbonyl (C=O) groups excluding carboxylic acids is 1. The summed E-state index contributed by atoms with van der Waals surface area (Å²) in [5, 5.41) is 5.27. The van der Waals surface area contributed by atoms with Gasteiger partial charge in [0.1, 0.15) is 6.54 Å². The van der Waals surface area contributed by atoms with Gasteiger partial charge in [-0.05, 0) is 25.5 Å². The lowest BCUT2D eigenvalue weighted by Gasteiger charge is -2.24. The number of nitrogens with zero attached hydrogens (tertiary/aromatic N) is 2. The highest BCUT2D eigenvalue weighted by atomic mass is 127. The van der Waals surface area contributed by atoms with Crippen LogP contribution in [-0.4, -0.2) is 56.7 Å². The molecule has 1 aromatic rings. The van der Waals surface area contributed by atoms with Gasteiger partial charge in [-0.15, -0.1) is 24.0 Å². The first kappa shape index (κ1) is 23.5. The maximum Gasteiger partial charge on any atom is 0.246 e. The van der Waals surface area contributed by atoms with Crippen molar-refractivity contribution >= 4 is 41.5 Å². The van der Waals surface area contributed by atoms with Gasteiger partial charge in [-0.1, -0.05) is 0 Å². The monoisotopic (exact) mass is 500 g/mol. The molecule has 10 heteroatoms. The Morgan fingerprint density at radius 3 is 2.70 bits per heavy atom. The third-order valence-electron chi connectivity index (χ3n) is 3.93. The molecule has 0 spiro atoms. The van der Waals surface area contributed by atoms with Crippen molar-refractivity contribution in [1.29, 1.82) is 0 Å². The first-order valence-electron chi connectivity index (χ1n) is 8.42. The predicted molar refractivity (Wildman–Crippen MR) is 108 cm³/mol. The zero-order valence-electron chi connectivity index (χ0n) is 15.2. The van der Waals surface area contributed by atoms with Crippen LogP contribution in [0.3, 0.4) is 0 Å². The fourth-order valence-electron chi connectivity index (χ4n) is 2.63. The molecule has 2 rings (SSSR count). The van der Waals surface area contributed by atoms with Crippen molar-refractivity contribution in [3.05, 3.63) is 29.6 Å². The van der Waals surface area contributed by atoms with Crippen LogP contribution in [0.2, 0.25) is 0 Å². The summed E-state index contributed by atoms with van der Waals surface area (Å²) in [6.45, 7) is 4.40. The highest BCUT2D eigenvalue weighted by Gasteiger charge is 2.19. The van der Waals surface area contributed by atoms with Crippen LogP contribution < -0.4 is 10.6 Å². The van der Waals surface area contributed by atoms with Gasteiger partial charge >= 0.3 is 0 Å². The second kappa shape index (κ2) is 11.3. The Hall–Kier alpha value is -1.56. The van der Waals surface area contributed by atoms with Gasteiger partial charge in [-0.2, -0.15) is 0 Å². The Labute approximate surface area is 173 Å². The van der Waals surface area contributed by atoms with Crippen LogP contribution in [-0.2, 0) is 9.53 Å². The van der Waals surface area contributed by atoms with Gasteiger partial charge in [0.05, 0.1) is 12.3 Å². The van der Waals surface area contributed by atoms with E-state index in [1.807, 2.05) is 18.9 Å². The maximum absolute atomic E-state index is 13.6. The second-order valence-electron chi connectivity index (χ2n) is 6.05. The van der Waals surface area contributed by atoms with Gasteiger partial charge in [0.15, 0.2) is 23.4 Å². The van der Waals surface area contributed by atoms with E-state index in [1.54, 1.807) is 0 Å². The minimum absolute atomic E-state index is 0. The van der Waals surface area contributed by atoms with Crippen LogP contribution in [0.25, 0.3) is 0 Å². The molecule has 1 aliphatic rings. The zero-order chi connectivity index (χ0) is 19.1. The van der Waals surface area contributed by atoms with Crippen LogP contribution >= 0.6 is 24.0 Å². The molecule has 2 N–H and O–H groups in total. The van der Waals surface area contributed by atoms with Crippen LogP contribution in [0.1, 0.15) is 13.3 Å². The highest BCUT2D eigenvalue weighted by Crippen LogP contribution is 2.19. The standard InChI is InChI=1S/C17H23F3N4O2.HI/c1-3-21-17(24(2)9-11-6-7-26-10-11)22-8-14(25)23-13-5-4-12(18)15(19)16(13)20;/h4-5,11H,3,6-10H2,1-2H3,(H,21,22)(H,23,25);1H. The lowest BCUT2D eigenvalue weighted by molar-refractivity contribution is -0.114. The van der Waals surface area contributed by atoms with E-state index in [4.69, 9.17) is 4.74 Å².